The van der Waals surface area contributed by atoms with E-state index in [2.05, 4.69) is 34.4 Å². The number of rotatable bonds is 4. The van der Waals surface area contributed by atoms with E-state index >= 15 is 0 Å². The van der Waals surface area contributed by atoms with Crippen molar-refractivity contribution in [1.29, 1.82) is 0 Å². The number of hydrogen-bond donors (Lipinski definition) is 2. The molecule has 0 bridgehead atoms. The van der Waals surface area contributed by atoms with Gasteiger partial charge in [-0.2, -0.15) is 0 Å². The van der Waals surface area contributed by atoms with Gasteiger partial charge in [-0.25, -0.2) is 9.78 Å². The maximum absolute atomic E-state index is 12.9. The highest BCUT2D eigenvalue weighted by atomic mass is 35.5. The van der Waals surface area contributed by atoms with Crippen LogP contribution in [-0.2, 0) is 4.79 Å². The third-order valence-corrected chi connectivity index (χ3v) is 6.68. The second-order valence-corrected chi connectivity index (χ2v) is 9.77. The lowest BCUT2D eigenvalue weighted by molar-refractivity contribution is -0.136. The second kappa shape index (κ2) is 9.59. The fourth-order valence-corrected chi connectivity index (χ4v) is 4.97. The number of anilines is 1. The van der Waals surface area contributed by atoms with E-state index in [1.807, 2.05) is 18.7 Å². The Morgan fingerprint density at radius 3 is 2.38 bits per heavy atom. The van der Waals surface area contributed by atoms with Crippen LogP contribution in [0.25, 0.3) is 0 Å². The molecule has 8 nitrogen and oxygen atoms in total. The first-order valence-corrected chi connectivity index (χ1v) is 11.4. The molecule has 1 aromatic heterocycles. The first-order chi connectivity index (χ1) is 13.8. The largest absolute Gasteiger partial charge is 0.338 e. The number of carbonyl (C=O) groups excluding carboxylic acids is 2. The molecule has 3 heterocycles. The normalized spacial score (nSPS) is 21.1. The molecular formula is C19H31ClN6O2S. The molecule has 3 rings (SSSR count). The molecule has 1 atom stereocenters. The lowest BCUT2D eigenvalue weighted by Crippen LogP contribution is -2.61. The van der Waals surface area contributed by atoms with Crippen molar-refractivity contribution < 1.29 is 9.59 Å². The number of urea groups is 1. The Hall–Kier alpha value is -1.42. The van der Waals surface area contributed by atoms with Crippen LogP contribution in [0.2, 0.25) is 4.34 Å². The average Bonchev–Trinajstić information content (AvgIpc) is 3.08. The van der Waals surface area contributed by atoms with Crippen LogP contribution in [0.3, 0.4) is 0 Å². The van der Waals surface area contributed by atoms with Crippen LogP contribution in [0.5, 0.6) is 0 Å². The molecular weight excluding hydrogens is 412 g/mol. The highest BCUT2D eigenvalue weighted by molar-refractivity contribution is 7.19. The topological polar surface area (TPSA) is 80.8 Å². The maximum Gasteiger partial charge on any atom is 0.323 e. The van der Waals surface area contributed by atoms with Gasteiger partial charge in [-0.3, -0.25) is 15.0 Å². The van der Waals surface area contributed by atoms with E-state index < -0.39 is 0 Å². The fraction of sp³-hybridized carbons (Fsp3) is 0.737. The number of aromatic nitrogens is 1. The van der Waals surface area contributed by atoms with Gasteiger partial charge in [0.05, 0.1) is 11.7 Å². The lowest BCUT2D eigenvalue weighted by atomic mass is 10.1. The molecule has 0 spiro atoms. The molecule has 2 aliphatic heterocycles. The van der Waals surface area contributed by atoms with Crippen LogP contribution in [0.15, 0.2) is 0 Å². The zero-order valence-corrected chi connectivity index (χ0v) is 19.1. The van der Waals surface area contributed by atoms with Crippen molar-refractivity contribution in [2.45, 2.75) is 45.7 Å². The molecule has 3 amide bonds. The molecule has 10 heteroatoms. The fourth-order valence-electron chi connectivity index (χ4n) is 3.65. The van der Waals surface area contributed by atoms with Crippen molar-refractivity contribution in [3.05, 3.63) is 10.0 Å². The van der Waals surface area contributed by atoms with Gasteiger partial charge in [-0.05, 0) is 19.8 Å². The molecule has 162 valence electrons. The Labute approximate surface area is 181 Å². The summed E-state index contributed by atoms with van der Waals surface area (Å²) in [6.07, 6.45) is 0. The maximum atomic E-state index is 12.9. The first-order valence-electron chi connectivity index (χ1n) is 10.2. The molecule has 2 aliphatic rings. The van der Waals surface area contributed by atoms with Gasteiger partial charge in [0.15, 0.2) is 5.13 Å². The number of piperazine rings is 2. The van der Waals surface area contributed by atoms with E-state index in [0.717, 1.165) is 25.3 Å². The van der Waals surface area contributed by atoms with Gasteiger partial charge in [0.25, 0.3) is 0 Å². The van der Waals surface area contributed by atoms with Gasteiger partial charge < -0.3 is 15.1 Å². The molecule has 0 aromatic carbocycles. The Bertz CT molecular complexity index is 732. The minimum atomic E-state index is -0.195. The zero-order valence-electron chi connectivity index (χ0n) is 17.6. The predicted molar refractivity (Wildman–Crippen MR) is 117 cm³/mol. The summed E-state index contributed by atoms with van der Waals surface area (Å²) >= 11 is 7.48. The number of carbonyl (C=O) groups is 2. The lowest BCUT2D eigenvalue weighted by Gasteiger charge is -2.40. The van der Waals surface area contributed by atoms with Crippen molar-refractivity contribution >= 4 is 40.0 Å². The van der Waals surface area contributed by atoms with Gasteiger partial charge in [0, 0.05) is 51.9 Å². The van der Waals surface area contributed by atoms with Gasteiger partial charge in [-0.15, -0.1) is 0 Å². The predicted octanol–water partition coefficient (Wildman–Crippen LogP) is 2.28. The smallest absolute Gasteiger partial charge is 0.323 e. The van der Waals surface area contributed by atoms with Crippen molar-refractivity contribution in [2.75, 3.05) is 51.1 Å². The van der Waals surface area contributed by atoms with Crippen molar-refractivity contribution in [1.82, 2.24) is 25.0 Å². The number of nitrogens with one attached hydrogen (secondary N) is 2. The molecule has 1 aromatic rings. The molecule has 0 saturated carbocycles. The quantitative estimate of drug-likeness (QED) is 0.747. The van der Waals surface area contributed by atoms with Crippen LogP contribution in [0.4, 0.5) is 9.93 Å². The second-order valence-electron chi connectivity index (χ2n) is 8.17. The average molecular weight is 443 g/mol. The summed E-state index contributed by atoms with van der Waals surface area (Å²) in [5.74, 6) is 0.336. The van der Waals surface area contributed by atoms with Crippen LogP contribution in [-0.4, -0.2) is 89.5 Å². The number of halogens is 1. The van der Waals surface area contributed by atoms with E-state index in [9.17, 15) is 9.59 Å². The minimum Gasteiger partial charge on any atom is -0.338 e. The van der Waals surface area contributed by atoms with E-state index in [1.165, 1.54) is 11.3 Å². The van der Waals surface area contributed by atoms with Crippen LogP contribution in [0.1, 0.15) is 39.3 Å². The number of hydrogen-bond acceptors (Lipinski definition) is 6. The van der Waals surface area contributed by atoms with Gasteiger partial charge >= 0.3 is 6.03 Å². The number of amides is 3. The third kappa shape index (κ3) is 5.39. The molecule has 0 unspecified atom stereocenters. The van der Waals surface area contributed by atoms with Crippen molar-refractivity contribution in [3.8, 4) is 0 Å². The van der Waals surface area contributed by atoms with Crippen LogP contribution in [0, 0.1) is 0 Å². The summed E-state index contributed by atoms with van der Waals surface area (Å²) in [5, 5.41) is 6.70. The molecule has 0 aliphatic carbocycles. The van der Waals surface area contributed by atoms with E-state index in [-0.39, 0.29) is 23.9 Å². The van der Waals surface area contributed by atoms with Crippen LogP contribution < -0.4 is 10.6 Å². The summed E-state index contributed by atoms with van der Waals surface area (Å²) in [6.45, 7) is 13.0. The van der Waals surface area contributed by atoms with Crippen LogP contribution >= 0.6 is 22.9 Å². The molecule has 2 fully saturated rings. The minimum absolute atomic E-state index is 0.128. The Morgan fingerprint density at radius 1 is 1.14 bits per heavy atom. The van der Waals surface area contributed by atoms with Crippen molar-refractivity contribution in [3.63, 3.8) is 0 Å². The Morgan fingerprint density at radius 2 is 1.79 bits per heavy atom. The standard InChI is InChI=1S/C19H31ClN6O2S/c1-12(2)15-16(20)29-18(22-15)23-19(28)25-9-7-24(8-10-25)17(27)14-11-26(13(3)4)6-5-21-14/h12-14,21H,5-11H2,1-4H3,(H,22,23,28)/t14-/m1/s1. The Balaban J connectivity index is 1.50. The highest BCUT2D eigenvalue weighted by Crippen LogP contribution is 2.32. The van der Waals surface area contributed by atoms with Gasteiger partial charge in [0.1, 0.15) is 4.34 Å². The van der Waals surface area contributed by atoms with E-state index in [4.69, 9.17) is 11.6 Å². The number of thiazole rings is 1. The summed E-state index contributed by atoms with van der Waals surface area (Å²) < 4.78 is 0.612. The first kappa shape index (κ1) is 22.3. The monoisotopic (exact) mass is 442 g/mol. The summed E-state index contributed by atoms with van der Waals surface area (Å²) in [5.41, 5.74) is 0.804. The summed E-state index contributed by atoms with van der Waals surface area (Å²) in [6, 6.07) is 0.0709. The molecule has 2 N–H and O–H groups in total. The molecule has 0 radical (unpaired) electrons. The van der Waals surface area contributed by atoms with Crippen molar-refractivity contribution in [2.24, 2.45) is 0 Å². The van der Waals surface area contributed by atoms with E-state index in [0.29, 0.717) is 41.7 Å². The van der Waals surface area contributed by atoms with Gasteiger partial charge in [0.2, 0.25) is 5.91 Å². The zero-order chi connectivity index (χ0) is 21.1. The Kier molecular flexibility index (Phi) is 7.37. The summed E-state index contributed by atoms with van der Waals surface area (Å²) in [4.78, 5) is 35.8. The number of nitrogens with zero attached hydrogens (tertiary/aromatic N) is 4. The van der Waals surface area contributed by atoms with E-state index in [1.54, 1.807) is 4.90 Å². The van der Waals surface area contributed by atoms with Gasteiger partial charge in [-0.1, -0.05) is 36.8 Å². The summed E-state index contributed by atoms with van der Waals surface area (Å²) in [7, 11) is 0. The molecule has 29 heavy (non-hydrogen) atoms. The third-order valence-electron chi connectivity index (χ3n) is 5.48. The highest BCUT2D eigenvalue weighted by Gasteiger charge is 2.32. The SMILES string of the molecule is CC(C)c1nc(NC(=O)N2CCN(C(=O)[C@H]3CN(C(C)C)CCN3)CC2)sc1Cl. The molecule has 2 saturated heterocycles.